The van der Waals surface area contributed by atoms with Crippen molar-refractivity contribution in [2.75, 3.05) is 5.75 Å². The lowest BCUT2D eigenvalue weighted by Crippen LogP contribution is -2.08. The lowest BCUT2D eigenvalue weighted by Gasteiger charge is -2.13. The van der Waals surface area contributed by atoms with Crippen molar-refractivity contribution >= 4 is 17.5 Å². The molecule has 3 rings (SSSR count). The van der Waals surface area contributed by atoms with Crippen molar-refractivity contribution in [2.45, 2.75) is 52.0 Å². The van der Waals surface area contributed by atoms with Crippen LogP contribution >= 0.6 is 11.8 Å². The van der Waals surface area contributed by atoms with E-state index in [0.29, 0.717) is 11.6 Å². The number of ether oxygens (including phenoxy) is 1. The van der Waals surface area contributed by atoms with Crippen LogP contribution in [0.25, 0.3) is 0 Å². The summed E-state index contributed by atoms with van der Waals surface area (Å²) in [6.07, 6.45) is -0.616. The minimum atomic E-state index is -0.616. The number of Topliss-reactive ketones (excluding diaryl/α,β-unsaturated/α-hetero) is 1. The highest BCUT2D eigenvalue weighted by Crippen LogP contribution is 2.27. The van der Waals surface area contributed by atoms with Gasteiger partial charge in [0.25, 0.3) is 11.1 Å². The first-order valence-electron chi connectivity index (χ1n) is 9.37. The zero-order valence-electron chi connectivity index (χ0n) is 17.1. The van der Waals surface area contributed by atoms with Gasteiger partial charge in [-0.15, -0.1) is 10.2 Å². The Balaban J connectivity index is 1.63. The molecule has 154 valence electrons. The second kappa shape index (κ2) is 8.82. The van der Waals surface area contributed by atoms with Crippen molar-refractivity contribution in [1.29, 1.82) is 0 Å². The van der Waals surface area contributed by atoms with Gasteiger partial charge in [-0.05, 0) is 52.8 Å². The molecule has 29 heavy (non-hydrogen) atoms. The number of rotatable bonds is 8. The zero-order chi connectivity index (χ0) is 21.1. The predicted octanol–water partition coefficient (Wildman–Crippen LogP) is 5.32. The van der Waals surface area contributed by atoms with E-state index >= 15 is 0 Å². The van der Waals surface area contributed by atoms with Gasteiger partial charge < -0.3 is 13.7 Å². The third-order valence-electron chi connectivity index (χ3n) is 4.54. The first kappa shape index (κ1) is 21.1. The smallest absolute Gasteiger partial charge is 0.277 e. The van der Waals surface area contributed by atoms with E-state index in [4.69, 9.17) is 9.15 Å². The number of halogens is 1. The summed E-state index contributed by atoms with van der Waals surface area (Å²) >= 11 is 1.17. The van der Waals surface area contributed by atoms with Crippen molar-refractivity contribution in [3.05, 3.63) is 59.0 Å². The molecule has 0 radical (unpaired) electrons. The molecule has 2 aromatic heterocycles. The number of thioether (sulfide) groups is 1. The highest BCUT2D eigenvalue weighted by Gasteiger charge is 2.20. The minimum Gasteiger partial charge on any atom is -0.478 e. The highest BCUT2D eigenvalue weighted by atomic mass is 32.2. The number of carbonyl (C=O) groups excluding carboxylic acids is 1. The Labute approximate surface area is 173 Å². The van der Waals surface area contributed by atoms with Crippen LogP contribution < -0.4 is 4.74 Å². The predicted molar refractivity (Wildman–Crippen MR) is 109 cm³/mol. The maximum absolute atomic E-state index is 13.7. The number of ketones is 1. The summed E-state index contributed by atoms with van der Waals surface area (Å²) in [6.45, 7) is 9.83. The largest absolute Gasteiger partial charge is 0.478 e. The quantitative estimate of drug-likeness (QED) is 0.365. The molecular weight excluding hydrogens is 393 g/mol. The summed E-state index contributed by atoms with van der Waals surface area (Å²) in [6, 6.07) is 8.33. The van der Waals surface area contributed by atoms with Gasteiger partial charge in [0.1, 0.15) is 0 Å². The number of benzene rings is 1. The summed E-state index contributed by atoms with van der Waals surface area (Å²) < 4.78 is 27.0. The maximum atomic E-state index is 13.7. The Hall–Kier alpha value is -2.61. The van der Waals surface area contributed by atoms with Gasteiger partial charge in [0.05, 0.1) is 5.75 Å². The average Bonchev–Trinajstić information content (AvgIpc) is 3.26. The molecule has 0 aliphatic heterocycles. The third kappa shape index (κ3) is 4.70. The average molecular weight is 418 g/mol. The first-order chi connectivity index (χ1) is 13.8. The molecule has 0 fully saturated rings. The van der Waals surface area contributed by atoms with Crippen molar-refractivity contribution in [2.24, 2.45) is 0 Å². The van der Waals surface area contributed by atoms with E-state index in [9.17, 15) is 9.18 Å². The third-order valence-corrected chi connectivity index (χ3v) is 5.36. The van der Waals surface area contributed by atoms with Crippen LogP contribution in [0.3, 0.4) is 0 Å². The normalized spacial score (nSPS) is 12.4. The summed E-state index contributed by atoms with van der Waals surface area (Å²) in [4.78, 5) is 12.7. The van der Waals surface area contributed by atoms with Gasteiger partial charge in [-0.1, -0.05) is 23.9 Å². The molecule has 0 spiro atoms. The number of aromatic nitrogens is 3. The van der Waals surface area contributed by atoms with Crippen LogP contribution in [0.4, 0.5) is 4.39 Å². The van der Waals surface area contributed by atoms with Crippen LogP contribution in [0.5, 0.6) is 5.75 Å². The van der Waals surface area contributed by atoms with Crippen LogP contribution in [0.2, 0.25) is 0 Å². The number of hydrogen-bond donors (Lipinski definition) is 0. The maximum Gasteiger partial charge on any atom is 0.277 e. The van der Waals surface area contributed by atoms with Crippen LogP contribution in [0.15, 0.2) is 40.0 Å². The number of carbonyl (C=O) groups is 1. The molecule has 0 aliphatic carbocycles. The Morgan fingerprint density at radius 2 is 1.97 bits per heavy atom. The van der Waals surface area contributed by atoms with Crippen LogP contribution in [0.1, 0.15) is 60.6 Å². The molecule has 8 heteroatoms. The van der Waals surface area contributed by atoms with Crippen LogP contribution in [-0.2, 0) is 0 Å². The molecule has 0 amide bonds. The standard InChI is InChI=1S/C21H24FN3O3S/c1-12(2)25-13(3)10-16(14(25)4)18(26)11-29-21-24-23-20(28-21)15(5)27-19-9-7-6-8-17(19)22/h6-10,12,15H,11H2,1-5H3/t15-/m0/s1. The summed E-state index contributed by atoms with van der Waals surface area (Å²) in [5.41, 5.74) is 2.73. The first-order valence-corrected chi connectivity index (χ1v) is 10.4. The van der Waals surface area contributed by atoms with E-state index in [1.165, 1.54) is 23.9 Å². The molecule has 1 atom stereocenters. The molecule has 0 N–H and O–H groups in total. The molecule has 0 bridgehead atoms. The zero-order valence-corrected chi connectivity index (χ0v) is 17.9. The fourth-order valence-electron chi connectivity index (χ4n) is 3.28. The molecule has 3 aromatic rings. The summed E-state index contributed by atoms with van der Waals surface area (Å²) in [5, 5.41) is 8.18. The number of hydrogen-bond acceptors (Lipinski definition) is 6. The van der Waals surface area contributed by atoms with E-state index in [0.717, 1.165) is 11.4 Å². The molecular formula is C21H24FN3O3S. The van der Waals surface area contributed by atoms with Crippen molar-refractivity contribution < 1.29 is 18.3 Å². The van der Waals surface area contributed by atoms with E-state index in [1.807, 2.05) is 19.9 Å². The van der Waals surface area contributed by atoms with Gasteiger partial charge in [-0.2, -0.15) is 0 Å². The van der Waals surface area contributed by atoms with E-state index < -0.39 is 11.9 Å². The van der Waals surface area contributed by atoms with E-state index in [1.54, 1.807) is 19.1 Å². The lowest BCUT2D eigenvalue weighted by molar-refractivity contribution is 0.102. The molecule has 2 heterocycles. The highest BCUT2D eigenvalue weighted by molar-refractivity contribution is 7.99. The molecule has 0 unspecified atom stereocenters. The van der Waals surface area contributed by atoms with Crippen molar-refractivity contribution in [1.82, 2.24) is 14.8 Å². The monoisotopic (exact) mass is 417 g/mol. The van der Waals surface area contributed by atoms with E-state index in [2.05, 4.69) is 28.6 Å². The fraction of sp³-hybridized carbons (Fsp3) is 0.381. The van der Waals surface area contributed by atoms with Crippen molar-refractivity contribution in [3.8, 4) is 5.75 Å². The SMILES string of the molecule is Cc1cc(C(=O)CSc2nnc([C@H](C)Oc3ccccc3F)o2)c(C)n1C(C)C. The molecule has 0 aliphatic rings. The Morgan fingerprint density at radius 1 is 1.24 bits per heavy atom. The molecule has 1 aromatic carbocycles. The van der Waals surface area contributed by atoms with Gasteiger partial charge in [0, 0.05) is 23.0 Å². The fourth-order valence-corrected chi connectivity index (χ4v) is 3.94. The number of aryl methyl sites for hydroxylation is 1. The van der Waals surface area contributed by atoms with Crippen molar-refractivity contribution in [3.63, 3.8) is 0 Å². The topological polar surface area (TPSA) is 70.2 Å². The minimum absolute atomic E-state index is 0.00500. The molecule has 0 saturated heterocycles. The number of nitrogens with zero attached hydrogens (tertiary/aromatic N) is 3. The Bertz CT molecular complexity index is 1010. The van der Waals surface area contributed by atoms with Crippen LogP contribution in [-0.4, -0.2) is 26.3 Å². The second-order valence-electron chi connectivity index (χ2n) is 7.06. The van der Waals surface area contributed by atoms with Gasteiger partial charge in [-0.25, -0.2) is 4.39 Å². The summed E-state index contributed by atoms with van der Waals surface area (Å²) in [7, 11) is 0. The molecule has 6 nitrogen and oxygen atoms in total. The van der Waals surface area contributed by atoms with Gasteiger partial charge in [-0.3, -0.25) is 4.79 Å². The van der Waals surface area contributed by atoms with Gasteiger partial charge in [0.2, 0.25) is 0 Å². The van der Waals surface area contributed by atoms with Gasteiger partial charge >= 0.3 is 0 Å². The Morgan fingerprint density at radius 3 is 2.62 bits per heavy atom. The Kier molecular flexibility index (Phi) is 6.42. The molecule has 0 saturated carbocycles. The van der Waals surface area contributed by atoms with Crippen LogP contribution in [0, 0.1) is 19.7 Å². The number of para-hydroxylation sites is 1. The summed E-state index contributed by atoms with van der Waals surface area (Å²) in [5.74, 6) is 0.0692. The second-order valence-corrected chi connectivity index (χ2v) is 7.98. The van der Waals surface area contributed by atoms with Gasteiger partial charge in [0.15, 0.2) is 23.5 Å². The lowest BCUT2D eigenvalue weighted by atomic mass is 10.2. The van der Waals surface area contributed by atoms with E-state index in [-0.39, 0.29) is 28.4 Å².